The van der Waals surface area contributed by atoms with E-state index in [1.807, 2.05) is 109 Å². The van der Waals surface area contributed by atoms with Gasteiger partial charge in [-0.1, -0.05) is 82.6 Å². The number of hydrogen-bond donors (Lipinski definition) is 4. The molecule has 0 radical (unpaired) electrons. The number of ether oxygens (including phenoxy) is 4. The van der Waals surface area contributed by atoms with Crippen LogP contribution in [0.15, 0.2) is 78.6 Å². The fourth-order valence-electron chi connectivity index (χ4n) is 8.99. The fourth-order valence-corrected chi connectivity index (χ4v) is 10.5. The first-order chi connectivity index (χ1) is 37.4. The number of aliphatic hydroxyl groups excluding tert-OH is 1. The highest BCUT2D eigenvalue weighted by Crippen LogP contribution is 2.39. The van der Waals surface area contributed by atoms with Gasteiger partial charge in [0.1, 0.15) is 37.1 Å². The number of likely N-dealkylation sites (N-methyl/N-ethyl adjacent to an activating group) is 1. The van der Waals surface area contributed by atoms with Gasteiger partial charge in [0.15, 0.2) is 5.75 Å². The summed E-state index contributed by atoms with van der Waals surface area (Å²) in [5.74, 6) is -0.351. The minimum Gasteiger partial charge on any atom is -0.491 e. The average molecular weight is 1140 g/mol. The predicted octanol–water partition coefficient (Wildman–Crippen LogP) is 7.59. The van der Waals surface area contributed by atoms with Crippen LogP contribution >= 0.6 is 22.9 Å². The molecule has 3 heterocycles. The number of nitrogens with one attached hydrogen (secondary N) is 3. The smallest absolute Gasteiger partial charge is 0.246 e. The summed E-state index contributed by atoms with van der Waals surface area (Å²) in [7, 11) is 0.399. The zero-order chi connectivity index (χ0) is 57.5. The van der Waals surface area contributed by atoms with Gasteiger partial charge in [-0.15, -0.1) is 11.3 Å². The minimum atomic E-state index is -3.48. The largest absolute Gasteiger partial charge is 0.491 e. The number of aryl methyl sites for hydroxylation is 1. The van der Waals surface area contributed by atoms with Crippen LogP contribution in [0.5, 0.6) is 11.5 Å². The van der Waals surface area contributed by atoms with Crippen molar-refractivity contribution < 1.29 is 46.9 Å². The second kappa shape index (κ2) is 28.3. The SMILES string of the molecule is Cc1ncsc1-c1ccc([C@H](CNC(=O)[C@H]2C[C@@H](O)CN2C(=O)[C@@H](NC(=O)COCCCOCCCCCOc2c(Cl)cc(C(C)(C)c3ccc(OCc4cnc(NS(C)(=O)=O)nc4)cc3)cc2C#N)C(C)(C)C)N(C)C)cc1. The Bertz CT molecular complexity index is 2980. The molecule has 0 aliphatic carbocycles. The summed E-state index contributed by atoms with van der Waals surface area (Å²) in [6, 6.07) is 19.6. The lowest BCUT2D eigenvalue weighted by Gasteiger charge is -2.35. The van der Waals surface area contributed by atoms with Gasteiger partial charge in [0.05, 0.1) is 51.7 Å². The number of rotatable bonds is 28. The van der Waals surface area contributed by atoms with Crippen LogP contribution in [0.2, 0.25) is 5.02 Å². The fraction of sp³-hybridized carbons (Fsp3) is 0.491. The van der Waals surface area contributed by atoms with E-state index >= 15 is 0 Å². The van der Waals surface area contributed by atoms with Crippen LogP contribution in [0.1, 0.15) is 106 Å². The number of nitrogens with zero attached hydrogens (tertiary/aromatic N) is 6. The molecule has 1 aliphatic rings. The number of aromatic nitrogens is 3. The lowest BCUT2D eigenvalue weighted by Crippen LogP contribution is -2.58. The summed E-state index contributed by atoms with van der Waals surface area (Å²) in [6.45, 7) is 13.3. The molecule has 1 saturated heterocycles. The molecule has 5 aromatic rings. The Morgan fingerprint density at radius 2 is 1.58 bits per heavy atom. The van der Waals surface area contributed by atoms with Crippen molar-refractivity contribution in [3.63, 3.8) is 0 Å². The number of halogens is 1. The van der Waals surface area contributed by atoms with Gasteiger partial charge in [0, 0.05) is 62.7 Å². The molecule has 19 nitrogen and oxygen atoms in total. The molecule has 1 fully saturated rings. The molecule has 4 atom stereocenters. The van der Waals surface area contributed by atoms with Gasteiger partial charge in [-0.3, -0.25) is 19.1 Å². The predicted molar refractivity (Wildman–Crippen MR) is 304 cm³/mol. The first-order valence-corrected chi connectivity index (χ1v) is 29.4. The highest BCUT2D eigenvalue weighted by atomic mass is 35.5. The Morgan fingerprint density at radius 3 is 2.22 bits per heavy atom. The summed E-state index contributed by atoms with van der Waals surface area (Å²) < 4.78 is 48.4. The molecule has 2 aromatic heterocycles. The van der Waals surface area contributed by atoms with E-state index in [9.17, 15) is 33.2 Å². The van der Waals surface area contributed by atoms with E-state index in [1.165, 1.54) is 17.3 Å². The van der Waals surface area contributed by atoms with Crippen LogP contribution in [-0.2, 0) is 45.9 Å². The summed E-state index contributed by atoms with van der Waals surface area (Å²) in [4.78, 5) is 57.9. The van der Waals surface area contributed by atoms with Gasteiger partial charge in [0.2, 0.25) is 33.7 Å². The molecule has 22 heteroatoms. The van der Waals surface area contributed by atoms with E-state index in [-0.39, 0.29) is 57.2 Å². The van der Waals surface area contributed by atoms with E-state index in [0.717, 1.165) is 58.3 Å². The standard InChI is InChI=1S/C57H74ClN9O10S2/c1-37-51(78-36-63-37)40-16-14-39(15-17-40)48(66(7)8)32-60-53(70)47-28-44(68)33-67(47)54(71)52(56(2,3)4)64-49(69)35-75-24-13-23-74-22-11-10-12-25-76-50-41(29-59)26-43(27-46(50)58)57(5,6)42-18-20-45(21-19-42)77-34-38-30-61-55(62-31-38)65-79(9,72)73/h14-21,26-27,30-31,36,44,47-48,52,68H,10-13,22-25,28,32-35H2,1-9H3,(H,60,70)(H,64,69)(H,61,62,65)/t44-,47-,48+,52-/m1/s1. The number of hydrogen-bond acceptors (Lipinski definition) is 16. The number of unbranched alkanes of at least 4 members (excludes halogenated alkanes) is 2. The third kappa shape index (κ3) is 17.9. The van der Waals surface area contributed by atoms with Crippen LogP contribution < -0.4 is 24.8 Å². The molecule has 426 valence electrons. The number of likely N-dealkylation sites (tertiary alicyclic amines) is 1. The zero-order valence-electron chi connectivity index (χ0n) is 46.5. The number of thiazole rings is 1. The summed E-state index contributed by atoms with van der Waals surface area (Å²) in [5, 5.41) is 27.0. The third-order valence-corrected chi connectivity index (χ3v) is 15.3. The molecule has 0 spiro atoms. The highest BCUT2D eigenvalue weighted by molar-refractivity contribution is 7.92. The lowest BCUT2D eigenvalue weighted by atomic mass is 9.77. The van der Waals surface area contributed by atoms with E-state index in [0.29, 0.717) is 53.9 Å². The topological polar surface area (TPSA) is 248 Å². The normalized spacial score (nSPS) is 15.6. The number of carbonyl (C=O) groups is 3. The third-order valence-electron chi connectivity index (χ3n) is 13.5. The molecular weight excluding hydrogens is 1070 g/mol. The highest BCUT2D eigenvalue weighted by Gasteiger charge is 2.44. The van der Waals surface area contributed by atoms with Crippen LogP contribution in [0.3, 0.4) is 0 Å². The quantitative estimate of drug-likeness (QED) is 0.0352. The van der Waals surface area contributed by atoms with Crippen LogP contribution in [0, 0.1) is 23.7 Å². The monoisotopic (exact) mass is 1140 g/mol. The number of benzene rings is 3. The van der Waals surface area contributed by atoms with Gasteiger partial charge in [0.25, 0.3) is 0 Å². The second-order valence-electron chi connectivity index (χ2n) is 21.5. The maximum atomic E-state index is 14.1. The van der Waals surface area contributed by atoms with Crippen molar-refractivity contribution in [3.05, 3.63) is 117 Å². The first kappa shape index (κ1) is 62.0. The van der Waals surface area contributed by atoms with Gasteiger partial charge in [-0.05, 0) is 98.6 Å². The Labute approximate surface area is 473 Å². The summed E-state index contributed by atoms with van der Waals surface area (Å²) >= 11 is 8.33. The molecule has 79 heavy (non-hydrogen) atoms. The average Bonchev–Trinajstić information content (AvgIpc) is 4.12. The maximum Gasteiger partial charge on any atom is 0.246 e. The van der Waals surface area contributed by atoms with E-state index in [4.69, 9.17) is 30.5 Å². The first-order valence-electron chi connectivity index (χ1n) is 26.2. The number of amides is 3. The molecule has 1 aliphatic heterocycles. The number of β-amino-alcohol motifs (C(OH)–C–C–N with tert-alkyl or cyclic N) is 1. The number of sulfonamides is 1. The minimum absolute atomic E-state index is 0.0193. The van der Waals surface area contributed by atoms with E-state index < -0.39 is 50.9 Å². The van der Waals surface area contributed by atoms with Crippen LogP contribution in [-0.4, -0.2) is 141 Å². The van der Waals surface area contributed by atoms with Gasteiger partial charge >= 0.3 is 0 Å². The Kier molecular flexibility index (Phi) is 22.2. The summed E-state index contributed by atoms with van der Waals surface area (Å²) in [5.41, 5.74) is 6.46. The van der Waals surface area contributed by atoms with Crippen molar-refractivity contribution in [1.29, 1.82) is 5.26 Å². The number of aliphatic hydroxyl groups is 1. The zero-order valence-corrected chi connectivity index (χ0v) is 48.9. The molecule has 4 N–H and O–H groups in total. The second-order valence-corrected chi connectivity index (χ2v) is 24.5. The molecule has 3 amide bonds. The molecule has 0 saturated carbocycles. The molecule has 0 bridgehead atoms. The Morgan fingerprint density at radius 1 is 0.911 bits per heavy atom. The molecule has 3 aromatic carbocycles. The Balaban J connectivity index is 0.863. The Hall–Kier alpha value is -6.25. The van der Waals surface area contributed by atoms with Crippen LogP contribution in [0.4, 0.5) is 5.95 Å². The lowest BCUT2D eigenvalue weighted by molar-refractivity contribution is -0.144. The maximum absolute atomic E-state index is 14.1. The van der Waals surface area contributed by atoms with Gasteiger partial charge in [-0.25, -0.2) is 23.4 Å². The number of anilines is 1. The number of carbonyl (C=O) groups excluding carboxylic acids is 3. The van der Waals surface area contributed by atoms with Crippen molar-refractivity contribution in [2.24, 2.45) is 5.41 Å². The van der Waals surface area contributed by atoms with E-state index in [1.54, 1.807) is 17.4 Å². The van der Waals surface area contributed by atoms with E-state index in [2.05, 4.69) is 48.5 Å². The van der Waals surface area contributed by atoms with Crippen molar-refractivity contribution in [1.82, 2.24) is 35.4 Å². The number of nitriles is 1. The van der Waals surface area contributed by atoms with Crippen molar-refractivity contribution in [2.75, 3.05) is 71.2 Å². The molecule has 0 unspecified atom stereocenters. The van der Waals surface area contributed by atoms with Gasteiger partial charge in [-0.2, -0.15) is 5.26 Å². The molecular formula is C57H74ClN9O10S2. The van der Waals surface area contributed by atoms with Crippen LogP contribution in [0.25, 0.3) is 10.4 Å². The van der Waals surface area contributed by atoms with Gasteiger partial charge < -0.3 is 44.5 Å². The summed E-state index contributed by atoms with van der Waals surface area (Å²) in [6.07, 6.45) is 6.07. The molecule has 6 rings (SSSR count). The van der Waals surface area contributed by atoms with Crippen molar-refractivity contribution in [2.45, 2.75) is 110 Å². The van der Waals surface area contributed by atoms with Crippen molar-refractivity contribution >= 4 is 56.6 Å². The van der Waals surface area contributed by atoms with Crippen molar-refractivity contribution in [3.8, 4) is 28.0 Å².